The summed E-state index contributed by atoms with van der Waals surface area (Å²) in [5.41, 5.74) is 3.49. The van der Waals surface area contributed by atoms with E-state index >= 15 is 0 Å². The van der Waals surface area contributed by atoms with Crippen LogP contribution in [0.15, 0.2) is 53.1 Å². The van der Waals surface area contributed by atoms with E-state index in [-0.39, 0.29) is 11.5 Å². The number of hydrogen-bond donors (Lipinski definition) is 1. The quantitative estimate of drug-likeness (QED) is 0.590. The highest BCUT2D eigenvalue weighted by Gasteiger charge is 2.41. The number of thioether (sulfide) groups is 1. The first-order valence-corrected chi connectivity index (χ1v) is 10.3. The van der Waals surface area contributed by atoms with Gasteiger partial charge in [-0.25, -0.2) is 0 Å². The summed E-state index contributed by atoms with van der Waals surface area (Å²) in [7, 11) is 3.07. The monoisotopic (exact) mass is 421 g/mol. The van der Waals surface area contributed by atoms with Crippen LogP contribution < -0.4 is 15.0 Å². The van der Waals surface area contributed by atoms with Gasteiger partial charge in [0, 0.05) is 7.05 Å². The number of ether oxygens (including phenoxy) is 1. The molecule has 3 rings (SSSR count). The number of aryl methyl sites for hydroxylation is 2. The molecule has 2 aromatic rings. The fraction of sp³-hybridized carbons (Fsp3) is 0.261. The van der Waals surface area contributed by atoms with Crippen molar-refractivity contribution in [3.8, 4) is 11.8 Å². The van der Waals surface area contributed by atoms with Crippen LogP contribution in [0.1, 0.15) is 16.7 Å². The van der Waals surface area contributed by atoms with Gasteiger partial charge in [0.05, 0.1) is 18.0 Å². The lowest BCUT2D eigenvalue weighted by Crippen LogP contribution is -2.32. The summed E-state index contributed by atoms with van der Waals surface area (Å²) in [6.07, 6.45) is 0.477. The Morgan fingerprint density at radius 1 is 1.23 bits per heavy atom. The standard InChI is InChI=1S/C23H23N3O3S/c1-14-5-6-15(2)19(11-14)26-22(28)20(12-16-7-9-17(29-4)10-8-16)30-23(26)18(13-24)21(27)25-3/h5-11,20H,12H2,1-4H3,(H,25,27)/b23-18+/t20-/m1/s1. The van der Waals surface area contributed by atoms with Gasteiger partial charge in [-0.3, -0.25) is 14.5 Å². The van der Waals surface area contributed by atoms with Crippen LogP contribution in [0.25, 0.3) is 0 Å². The Hall–Kier alpha value is -3.24. The maximum Gasteiger partial charge on any atom is 0.264 e. The third-order valence-electron chi connectivity index (χ3n) is 4.92. The van der Waals surface area contributed by atoms with E-state index in [0.29, 0.717) is 17.1 Å². The van der Waals surface area contributed by atoms with Gasteiger partial charge >= 0.3 is 0 Å². The third kappa shape index (κ3) is 4.19. The predicted molar refractivity (Wildman–Crippen MR) is 118 cm³/mol. The third-order valence-corrected chi connectivity index (χ3v) is 6.18. The number of likely N-dealkylation sites (N-methyl/N-ethyl adjacent to an activating group) is 1. The second kappa shape index (κ2) is 9.06. The molecule has 1 saturated heterocycles. The van der Waals surface area contributed by atoms with E-state index in [4.69, 9.17) is 4.74 Å². The SMILES string of the molecule is CNC(=O)/C(C#N)=C1/S[C@H](Cc2ccc(OC)cc2)C(=O)N1c1cc(C)ccc1C. The van der Waals surface area contributed by atoms with Gasteiger partial charge in [-0.1, -0.05) is 36.0 Å². The molecule has 7 heteroatoms. The first-order chi connectivity index (χ1) is 14.4. The van der Waals surface area contributed by atoms with Gasteiger partial charge in [-0.2, -0.15) is 5.26 Å². The maximum absolute atomic E-state index is 13.4. The number of nitriles is 1. The maximum atomic E-state index is 13.4. The van der Waals surface area contributed by atoms with Crippen LogP contribution >= 0.6 is 11.8 Å². The van der Waals surface area contributed by atoms with Gasteiger partial charge in [0.25, 0.3) is 5.91 Å². The second-order valence-corrected chi connectivity index (χ2v) is 8.18. The van der Waals surface area contributed by atoms with E-state index in [1.165, 1.54) is 23.7 Å². The van der Waals surface area contributed by atoms with Crippen molar-refractivity contribution in [3.05, 3.63) is 69.8 Å². The molecule has 1 N–H and O–H groups in total. The first-order valence-electron chi connectivity index (χ1n) is 9.46. The second-order valence-electron chi connectivity index (χ2n) is 6.99. The Bertz CT molecular complexity index is 1050. The molecule has 0 saturated carbocycles. The number of methoxy groups -OCH3 is 1. The fourth-order valence-electron chi connectivity index (χ4n) is 3.27. The highest BCUT2D eigenvalue weighted by molar-refractivity contribution is 8.05. The largest absolute Gasteiger partial charge is 0.497 e. The van der Waals surface area contributed by atoms with Crippen molar-refractivity contribution in [2.75, 3.05) is 19.1 Å². The molecule has 154 valence electrons. The summed E-state index contributed by atoms with van der Waals surface area (Å²) in [6.45, 7) is 3.85. The molecule has 0 aliphatic carbocycles. The van der Waals surface area contributed by atoms with Gasteiger partial charge < -0.3 is 10.1 Å². The lowest BCUT2D eigenvalue weighted by molar-refractivity contribution is -0.117. The normalized spacial score (nSPS) is 17.5. The molecule has 30 heavy (non-hydrogen) atoms. The minimum atomic E-state index is -0.506. The number of anilines is 1. The Morgan fingerprint density at radius 3 is 2.53 bits per heavy atom. The number of carbonyl (C=O) groups is 2. The Morgan fingerprint density at radius 2 is 1.93 bits per heavy atom. The Balaban J connectivity index is 2.06. The summed E-state index contributed by atoms with van der Waals surface area (Å²) in [6, 6.07) is 15.3. The lowest BCUT2D eigenvalue weighted by Gasteiger charge is -2.21. The lowest BCUT2D eigenvalue weighted by atomic mass is 10.1. The van der Waals surface area contributed by atoms with Crippen LogP contribution in [0, 0.1) is 25.2 Å². The average Bonchev–Trinajstić information content (AvgIpc) is 3.06. The molecular formula is C23H23N3O3S. The molecular weight excluding hydrogens is 398 g/mol. The topological polar surface area (TPSA) is 82.4 Å². The average molecular weight is 422 g/mol. The summed E-state index contributed by atoms with van der Waals surface area (Å²) < 4.78 is 5.19. The highest BCUT2D eigenvalue weighted by Crippen LogP contribution is 2.43. The van der Waals surface area contributed by atoms with Crippen molar-refractivity contribution in [2.45, 2.75) is 25.5 Å². The minimum Gasteiger partial charge on any atom is -0.497 e. The highest BCUT2D eigenvalue weighted by atomic mass is 32.2. The van der Waals surface area contributed by atoms with Crippen LogP contribution in [0.4, 0.5) is 5.69 Å². The molecule has 0 radical (unpaired) electrons. The minimum absolute atomic E-state index is 0.0611. The van der Waals surface area contributed by atoms with E-state index in [0.717, 1.165) is 22.4 Å². The van der Waals surface area contributed by atoms with Crippen molar-refractivity contribution >= 4 is 29.3 Å². The van der Waals surface area contributed by atoms with Crippen molar-refractivity contribution in [2.24, 2.45) is 0 Å². The van der Waals surface area contributed by atoms with Gasteiger partial charge in [0.2, 0.25) is 5.91 Å². The number of hydrogen-bond acceptors (Lipinski definition) is 5. The molecule has 2 aromatic carbocycles. The summed E-state index contributed by atoms with van der Waals surface area (Å²) in [4.78, 5) is 27.3. The van der Waals surface area contributed by atoms with E-state index in [1.54, 1.807) is 7.11 Å². The zero-order valence-corrected chi connectivity index (χ0v) is 18.2. The Labute approximate surface area is 180 Å². The number of benzene rings is 2. The van der Waals surface area contributed by atoms with E-state index < -0.39 is 11.2 Å². The number of nitrogens with one attached hydrogen (secondary N) is 1. The van der Waals surface area contributed by atoms with Crippen molar-refractivity contribution in [3.63, 3.8) is 0 Å². The van der Waals surface area contributed by atoms with Gasteiger partial charge in [0.15, 0.2) is 0 Å². The Kier molecular flexibility index (Phi) is 6.48. The molecule has 2 amide bonds. The smallest absolute Gasteiger partial charge is 0.264 e. The van der Waals surface area contributed by atoms with E-state index in [2.05, 4.69) is 5.32 Å². The summed E-state index contributed by atoms with van der Waals surface area (Å²) in [5.74, 6) is 0.0949. The molecule has 0 bridgehead atoms. The first kappa shape index (κ1) is 21.5. The molecule has 1 heterocycles. The number of rotatable bonds is 5. The molecule has 0 aromatic heterocycles. The number of nitrogens with zero attached hydrogens (tertiary/aromatic N) is 2. The van der Waals surface area contributed by atoms with Crippen LogP contribution in [-0.2, 0) is 16.0 Å². The fourth-order valence-corrected chi connectivity index (χ4v) is 4.57. The summed E-state index contributed by atoms with van der Waals surface area (Å²) in [5, 5.41) is 12.1. The van der Waals surface area contributed by atoms with Crippen LogP contribution in [-0.4, -0.2) is 31.2 Å². The molecule has 0 unspecified atom stereocenters. The molecule has 0 spiro atoms. The zero-order chi connectivity index (χ0) is 21.8. The number of carbonyl (C=O) groups excluding carboxylic acids is 2. The molecule has 1 aliphatic heterocycles. The van der Waals surface area contributed by atoms with Gasteiger partial charge in [-0.05, 0) is 55.2 Å². The van der Waals surface area contributed by atoms with Crippen LogP contribution in [0.3, 0.4) is 0 Å². The van der Waals surface area contributed by atoms with Gasteiger partial charge in [-0.15, -0.1) is 0 Å². The zero-order valence-electron chi connectivity index (χ0n) is 17.4. The predicted octanol–water partition coefficient (Wildman–Crippen LogP) is 3.48. The van der Waals surface area contributed by atoms with Crippen molar-refractivity contribution < 1.29 is 14.3 Å². The summed E-state index contributed by atoms with van der Waals surface area (Å²) >= 11 is 1.26. The van der Waals surface area contributed by atoms with Gasteiger partial charge in [0.1, 0.15) is 22.4 Å². The van der Waals surface area contributed by atoms with E-state index in [1.807, 2.05) is 62.4 Å². The van der Waals surface area contributed by atoms with Crippen molar-refractivity contribution in [1.29, 1.82) is 5.26 Å². The molecule has 1 atom stereocenters. The molecule has 1 aliphatic rings. The van der Waals surface area contributed by atoms with E-state index in [9.17, 15) is 14.9 Å². The van der Waals surface area contributed by atoms with Crippen LogP contribution in [0.2, 0.25) is 0 Å². The number of amides is 2. The van der Waals surface area contributed by atoms with Crippen molar-refractivity contribution in [1.82, 2.24) is 5.32 Å². The molecule has 6 nitrogen and oxygen atoms in total. The van der Waals surface area contributed by atoms with Crippen LogP contribution in [0.5, 0.6) is 5.75 Å². The molecule has 1 fully saturated rings.